The molecule has 0 radical (unpaired) electrons. The second kappa shape index (κ2) is 7.07. The van der Waals surface area contributed by atoms with E-state index in [9.17, 15) is 0 Å². The minimum absolute atomic E-state index is 0.0995. The van der Waals surface area contributed by atoms with Gasteiger partial charge < -0.3 is 0 Å². The summed E-state index contributed by atoms with van der Waals surface area (Å²) < 4.78 is 2.18. The van der Waals surface area contributed by atoms with Gasteiger partial charge in [-0.25, -0.2) is 0 Å². The van der Waals surface area contributed by atoms with E-state index in [1.54, 1.807) is 0 Å². The van der Waals surface area contributed by atoms with Gasteiger partial charge in [-0.15, -0.1) is 0 Å². The van der Waals surface area contributed by atoms with Crippen LogP contribution in [0.2, 0.25) is 5.02 Å². The van der Waals surface area contributed by atoms with Gasteiger partial charge in [0.2, 0.25) is 0 Å². The number of rotatable bonds is 2. The van der Waals surface area contributed by atoms with E-state index in [4.69, 9.17) is 21.7 Å². The lowest BCUT2D eigenvalue weighted by Crippen LogP contribution is -2.22. The molecule has 0 aliphatic carbocycles. The van der Waals surface area contributed by atoms with E-state index in [0.29, 0.717) is 0 Å². The van der Waals surface area contributed by atoms with Crippen LogP contribution < -0.4 is 0 Å². The van der Waals surface area contributed by atoms with Crippen molar-refractivity contribution < 1.29 is 0 Å². The van der Waals surface area contributed by atoms with Gasteiger partial charge in [0, 0.05) is 33.7 Å². The Morgan fingerprint density at radius 2 is 1.65 bits per heavy atom. The fraction of sp³-hybridized carbons (Fsp3) is 0.111. The van der Waals surface area contributed by atoms with Crippen molar-refractivity contribution in [2.24, 2.45) is 0 Å². The second-order valence-corrected chi connectivity index (χ2v) is 8.50. The summed E-state index contributed by atoms with van der Waals surface area (Å²) in [6.45, 7) is 2.10. The van der Waals surface area contributed by atoms with E-state index >= 15 is 0 Å². The molecule has 150 valence electrons. The van der Waals surface area contributed by atoms with Gasteiger partial charge in [0.25, 0.3) is 0 Å². The average Bonchev–Trinajstić information content (AvgIpc) is 3.25. The fourth-order valence-corrected chi connectivity index (χ4v) is 4.89. The summed E-state index contributed by atoms with van der Waals surface area (Å²) in [5.74, 6) is 0. The van der Waals surface area contributed by atoms with Crippen molar-refractivity contribution in [1.82, 2.24) is 14.8 Å². The first kappa shape index (κ1) is 18.3. The third-order valence-corrected chi connectivity index (χ3v) is 6.44. The van der Waals surface area contributed by atoms with Crippen molar-refractivity contribution in [3.8, 4) is 22.5 Å². The standard InChI is InChI=1S/C27H20ClN3/c1-17-27-22(21-9-5-6-10-23(21)29-17)15-25(19-11-13-20(28)14-12-19)31-26(27)16-24(30-31)18-7-3-2-4-8-18/h2-14,16,25H,15H2,1H3. The smallest absolute Gasteiger partial charge is 0.0930 e. The lowest BCUT2D eigenvalue weighted by atomic mass is 9.87. The van der Waals surface area contributed by atoms with Crippen LogP contribution in [0.5, 0.6) is 0 Å². The first-order valence-electron chi connectivity index (χ1n) is 10.5. The van der Waals surface area contributed by atoms with E-state index in [2.05, 4.69) is 78.3 Å². The van der Waals surface area contributed by atoms with Crippen LogP contribution in [-0.2, 0) is 6.42 Å². The molecule has 1 atom stereocenters. The summed E-state index contributed by atoms with van der Waals surface area (Å²) in [5, 5.41) is 7.04. The molecule has 3 nitrogen and oxygen atoms in total. The Hall–Kier alpha value is -3.43. The fourth-order valence-electron chi connectivity index (χ4n) is 4.76. The average molecular weight is 422 g/mol. The van der Waals surface area contributed by atoms with Crippen molar-refractivity contribution in [2.75, 3.05) is 0 Å². The number of aryl methyl sites for hydroxylation is 1. The van der Waals surface area contributed by atoms with E-state index in [1.165, 1.54) is 22.1 Å². The third-order valence-electron chi connectivity index (χ3n) is 6.19. The van der Waals surface area contributed by atoms with Crippen molar-refractivity contribution in [3.05, 3.63) is 107 Å². The molecule has 5 aromatic rings. The molecule has 0 amide bonds. The third kappa shape index (κ3) is 2.96. The number of halogens is 1. The quantitative estimate of drug-likeness (QED) is 0.311. The minimum atomic E-state index is 0.0995. The predicted molar refractivity (Wildman–Crippen MR) is 126 cm³/mol. The van der Waals surface area contributed by atoms with E-state index in [0.717, 1.165) is 39.6 Å². The SMILES string of the molecule is Cc1nc2ccccc2c2c1-c1cc(-c3ccccc3)nn1C(c1ccc(Cl)cc1)C2. The largest absolute Gasteiger partial charge is 0.256 e. The van der Waals surface area contributed by atoms with Crippen molar-refractivity contribution in [1.29, 1.82) is 0 Å². The molecular weight excluding hydrogens is 402 g/mol. The highest BCUT2D eigenvalue weighted by molar-refractivity contribution is 6.30. The molecule has 2 aromatic heterocycles. The Labute approximate surface area is 186 Å². The number of hydrogen-bond donors (Lipinski definition) is 0. The van der Waals surface area contributed by atoms with Gasteiger partial charge in [0.1, 0.15) is 0 Å². The van der Waals surface area contributed by atoms with Crippen LogP contribution in [0.1, 0.15) is 22.9 Å². The highest BCUT2D eigenvalue weighted by Gasteiger charge is 2.30. The summed E-state index contributed by atoms with van der Waals surface area (Å²) in [5.41, 5.74) is 9.07. The van der Waals surface area contributed by atoms with Crippen LogP contribution in [0, 0.1) is 6.92 Å². The molecule has 0 spiro atoms. The molecule has 4 heteroatoms. The number of nitrogens with zero attached hydrogens (tertiary/aromatic N) is 3. The normalized spacial score (nSPS) is 15.0. The molecule has 1 aliphatic heterocycles. The van der Waals surface area contributed by atoms with E-state index in [-0.39, 0.29) is 6.04 Å². The minimum Gasteiger partial charge on any atom is -0.256 e. The molecule has 0 fully saturated rings. The summed E-state index contributed by atoms with van der Waals surface area (Å²) >= 11 is 6.18. The molecule has 6 rings (SSSR count). The zero-order valence-corrected chi connectivity index (χ0v) is 17.8. The number of hydrogen-bond acceptors (Lipinski definition) is 2. The van der Waals surface area contributed by atoms with Gasteiger partial charge in [-0.05, 0) is 42.3 Å². The topological polar surface area (TPSA) is 30.7 Å². The lowest BCUT2D eigenvalue weighted by Gasteiger charge is -2.29. The van der Waals surface area contributed by atoms with Gasteiger partial charge in [-0.1, -0.05) is 72.3 Å². The van der Waals surface area contributed by atoms with Gasteiger partial charge >= 0.3 is 0 Å². The Bertz CT molecular complexity index is 1420. The maximum Gasteiger partial charge on any atom is 0.0930 e. The Kier molecular flexibility index (Phi) is 4.18. The molecule has 31 heavy (non-hydrogen) atoms. The maximum atomic E-state index is 6.18. The van der Waals surface area contributed by atoms with Crippen LogP contribution >= 0.6 is 11.6 Å². The zero-order chi connectivity index (χ0) is 20.9. The lowest BCUT2D eigenvalue weighted by molar-refractivity contribution is 0.516. The number of aromatic nitrogens is 3. The number of para-hydroxylation sites is 1. The molecule has 0 N–H and O–H groups in total. The molecule has 3 aromatic carbocycles. The molecule has 0 bridgehead atoms. The molecule has 3 heterocycles. The summed E-state index contributed by atoms with van der Waals surface area (Å²) in [7, 11) is 0. The Balaban J connectivity index is 1.64. The number of benzene rings is 3. The first-order valence-corrected chi connectivity index (χ1v) is 10.9. The highest BCUT2D eigenvalue weighted by atomic mass is 35.5. The monoisotopic (exact) mass is 421 g/mol. The van der Waals surface area contributed by atoms with Gasteiger partial charge in [-0.3, -0.25) is 9.67 Å². The van der Waals surface area contributed by atoms with E-state index in [1.807, 2.05) is 18.2 Å². The Morgan fingerprint density at radius 3 is 2.45 bits per heavy atom. The van der Waals surface area contributed by atoms with Crippen LogP contribution in [0.3, 0.4) is 0 Å². The zero-order valence-electron chi connectivity index (χ0n) is 17.1. The van der Waals surface area contributed by atoms with Crippen LogP contribution in [0.4, 0.5) is 0 Å². The van der Waals surface area contributed by atoms with Gasteiger partial charge in [0.05, 0.1) is 22.9 Å². The number of fused-ring (bicyclic) bond motifs is 5. The molecule has 1 unspecified atom stereocenters. The second-order valence-electron chi connectivity index (χ2n) is 8.06. The number of pyridine rings is 1. The maximum absolute atomic E-state index is 6.18. The molecule has 0 saturated carbocycles. The Morgan fingerprint density at radius 1 is 0.903 bits per heavy atom. The summed E-state index contributed by atoms with van der Waals surface area (Å²) in [4.78, 5) is 4.92. The first-order chi connectivity index (χ1) is 15.2. The van der Waals surface area contributed by atoms with Crippen LogP contribution in [0.25, 0.3) is 33.4 Å². The van der Waals surface area contributed by atoms with Gasteiger partial charge in [0.15, 0.2) is 0 Å². The van der Waals surface area contributed by atoms with Crippen molar-refractivity contribution in [2.45, 2.75) is 19.4 Å². The molecule has 1 aliphatic rings. The predicted octanol–water partition coefficient (Wildman–Crippen LogP) is 6.87. The molecule has 0 saturated heterocycles. The highest BCUT2D eigenvalue weighted by Crippen LogP contribution is 2.43. The van der Waals surface area contributed by atoms with Crippen LogP contribution in [-0.4, -0.2) is 14.8 Å². The van der Waals surface area contributed by atoms with Crippen LogP contribution in [0.15, 0.2) is 84.9 Å². The van der Waals surface area contributed by atoms with Crippen molar-refractivity contribution >= 4 is 22.5 Å². The van der Waals surface area contributed by atoms with E-state index < -0.39 is 0 Å². The van der Waals surface area contributed by atoms with Gasteiger partial charge in [-0.2, -0.15) is 5.10 Å². The summed E-state index contributed by atoms with van der Waals surface area (Å²) in [6, 6.07) is 29.2. The molecular formula is C27H20ClN3. The summed E-state index contributed by atoms with van der Waals surface area (Å²) in [6.07, 6.45) is 0.865. The van der Waals surface area contributed by atoms with Crippen molar-refractivity contribution in [3.63, 3.8) is 0 Å².